The minimum Gasteiger partial charge on any atom is -0.370 e. The molecule has 0 aromatic carbocycles. The molecule has 3 aromatic heterocycles. The summed E-state index contributed by atoms with van der Waals surface area (Å²) in [6.45, 7) is 6.52. The molecule has 1 N–H and O–H groups in total. The van der Waals surface area contributed by atoms with Gasteiger partial charge in [0, 0.05) is 24.4 Å². The molecule has 3 rings (SSSR count). The van der Waals surface area contributed by atoms with Crippen molar-refractivity contribution in [3.8, 4) is 11.4 Å². The van der Waals surface area contributed by atoms with E-state index >= 15 is 0 Å². The molecule has 0 fully saturated rings. The van der Waals surface area contributed by atoms with Crippen LogP contribution in [0.2, 0.25) is 0 Å². The molecule has 6 nitrogen and oxygen atoms in total. The molecule has 0 amide bonds. The molecule has 3 aromatic rings. The summed E-state index contributed by atoms with van der Waals surface area (Å²) in [5, 5.41) is 7.31. The lowest BCUT2D eigenvalue weighted by Gasteiger charge is -2.08. The molecule has 0 atom stereocenters. The lowest BCUT2D eigenvalue weighted by Crippen LogP contribution is -2.08. The highest BCUT2D eigenvalue weighted by Gasteiger charge is 2.09. The van der Waals surface area contributed by atoms with Gasteiger partial charge in [0.1, 0.15) is 17.4 Å². The van der Waals surface area contributed by atoms with Crippen molar-refractivity contribution in [2.24, 2.45) is 0 Å². The SMILES string of the molecule is Cc1nc(NCCc2c(C)noc2C)cc(-c2ccccn2)n1. The van der Waals surface area contributed by atoms with Crippen LogP contribution in [0.1, 0.15) is 22.8 Å². The molecule has 0 aliphatic heterocycles. The Morgan fingerprint density at radius 3 is 2.65 bits per heavy atom. The van der Waals surface area contributed by atoms with Gasteiger partial charge in [-0.05, 0) is 39.3 Å². The zero-order valence-corrected chi connectivity index (χ0v) is 13.5. The number of nitrogens with zero attached hydrogens (tertiary/aromatic N) is 4. The Balaban J connectivity index is 1.72. The van der Waals surface area contributed by atoms with Gasteiger partial charge in [0.2, 0.25) is 0 Å². The minimum absolute atomic E-state index is 0.716. The van der Waals surface area contributed by atoms with E-state index in [0.29, 0.717) is 5.82 Å². The third kappa shape index (κ3) is 3.53. The maximum Gasteiger partial charge on any atom is 0.137 e. The van der Waals surface area contributed by atoms with Gasteiger partial charge in [-0.15, -0.1) is 0 Å². The van der Waals surface area contributed by atoms with E-state index in [-0.39, 0.29) is 0 Å². The van der Waals surface area contributed by atoms with Crippen molar-refractivity contribution in [3.05, 3.63) is 53.3 Å². The topological polar surface area (TPSA) is 76.7 Å². The summed E-state index contributed by atoms with van der Waals surface area (Å²) in [4.78, 5) is 13.2. The molecular formula is C17H19N5O. The van der Waals surface area contributed by atoms with Crippen molar-refractivity contribution in [3.63, 3.8) is 0 Å². The summed E-state index contributed by atoms with van der Waals surface area (Å²) in [6.07, 6.45) is 2.60. The smallest absolute Gasteiger partial charge is 0.137 e. The molecule has 23 heavy (non-hydrogen) atoms. The second-order valence-electron chi connectivity index (χ2n) is 5.38. The average Bonchev–Trinajstić information content (AvgIpc) is 2.87. The average molecular weight is 309 g/mol. The van der Waals surface area contributed by atoms with Crippen LogP contribution in [0.25, 0.3) is 11.4 Å². The Bertz CT molecular complexity index is 778. The lowest BCUT2D eigenvalue weighted by atomic mass is 10.1. The van der Waals surface area contributed by atoms with E-state index in [1.54, 1.807) is 6.20 Å². The number of hydrogen-bond donors (Lipinski definition) is 1. The quantitative estimate of drug-likeness (QED) is 0.780. The summed E-state index contributed by atoms with van der Waals surface area (Å²) in [7, 11) is 0. The van der Waals surface area contributed by atoms with Crippen molar-refractivity contribution in [2.75, 3.05) is 11.9 Å². The van der Waals surface area contributed by atoms with Crippen molar-refractivity contribution < 1.29 is 4.52 Å². The van der Waals surface area contributed by atoms with E-state index in [9.17, 15) is 0 Å². The third-order valence-corrected chi connectivity index (χ3v) is 3.63. The molecule has 6 heteroatoms. The fourth-order valence-corrected chi connectivity index (χ4v) is 2.48. The van der Waals surface area contributed by atoms with Crippen molar-refractivity contribution in [1.82, 2.24) is 20.1 Å². The number of aryl methyl sites for hydroxylation is 3. The second-order valence-corrected chi connectivity index (χ2v) is 5.38. The van der Waals surface area contributed by atoms with Crippen LogP contribution in [-0.4, -0.2) is 26.7 Å². The zero-order chi connectivity index (χ0) is 16.2. The molecule has 0 radical (unpaired) electrons. The van der Waals surface area contributed by atoms with Gasteiger partial charge < -0.3 is 9.84 Å². The molecule has 0 aliphatic rings. The van der Waals surface area contributed by atoms with E-state index in [4.69, 9.17) is 4.52 Å². The maximum absolute atomic E-state index is 5.18. The van der Waals surface area contributed by atoms with Crippen LogP contribution < -0.4 is 5.32 Å². The fraction of sp³-hybridized carbons (Fsp3) is 0.294. The molecule has 0 aliphatic carbocycles. The maximum atomic E-state index is 5.18. The predicted octanol–water partition coefficient (Wildman–Crippen LogP) is 3.11. The summed E-state index contributed by atoms with van der Waals surface area (Å²) >= 11 is 0. The summed E-state index contributed by atoms with van der Waals surface area (Å²) in [6, 6.07) is 7.70. The second kappa shape index (κ2) is 6.56. The zero-order valence-electron chi connectivity index (χ0n) is 13.5. The number of nitrogens with one attached hydrogen (secondary N) is 1. The highest BCUT2D eigenvalue weighted by atomic mass is 16.5. The molecule has 0 bridgehead atoms. The first-order chi connectivity index (χ1) is 11.1. The summed E-state index contributed by atoms with van der Waals surface area (Å²) in [5.41, 5.74) is 3.75. The van der Waals surface area contributed by atoms with Gasteiger partial charge in [0.05, 0.1) is 17.1 Å². The fourth-order valence-electron chi connectivity index (χ4n) is 2.48. The van der Waals surface area contributed by atoms with Crippen molar-refractivity contribution in [2.45, 2.75) is 27.2 Å². The molecule has 0 unspecified atom stereocenters. The largest absolute Gasteiger partial charge is 0.370 e. The van der Waals surface area contributed by atoms with E-state index in [2.05, 4.69) is 25.4 Å². The number of hydrogen-bond acceptors (Lipinski definition) is 6. The normalized spacial score (nSPS) is 10.7. The van der Waals surface area contributed by atoms with Crippen molar-refractivity contribution >= 4 is 5.82 Å². The van der Waals surface area contributed by atoms with Crippen LogP contribution in [0.3, 0.4) is 0 Å². The Kier molecular flexibility index (Phi) is 4.32. The first kappa shape index (κ1) is 15.1. The first-order valence-electron chi connectivity index (χ1n) is 7.56. The van der Waals surface area contributed by atoms with Gasteiger partial charge in [0.15, 0.2) is 0 Å². The highest BCUT2D eigenvalue weighted by Crippen LogP contribution is 2.18. The van der Waals surface area contributed by atoms with Crippen LogP contribution in [0.15, 0.2) is 35.0 Å². The molecule has 0 saturated carbocycles. The van der Waals surface area contributed by atoms with Gasteiger partial charge >= 0.3 is 0 Å². The van der Waals surface area contributed by atoms with Crippen molar-refractivity contribution in [1.29, 1.82) is 0 Å². The number of rotatable bonds is 5. The predicted molar refractivity (Wildman–Crippen MR) is 88.2 cm³/mol. The monoisotopic (exact) mass is 309 g/mol. The lowest BCUT2D eigenvalue weighted by molar-refractivity contribution is 0.392. The number of aromatic nitrogens is 4. The Labute approximate surface area is 135 Å². The minimum atomic E-state index is 0.716. The molecule has 0 spiro atoms. The molecule has 3 heterocycles. The van der Waals surface area contributed by atoms with E-state index in [1.807, 2.05) is 45.0 Å². The molecular weight excluding hydrogens is 290 g/mol. The molecule has 0 saturated heterocycles. The molecule has 118 valence electrons. The third-order valence-electron chi connectivity index (χ3n) is 3.63. The first-order valence-corrected chi connectivity index (χ1v) is 7.56. The van der Waals surface area contributed by atoms with Gasteiger partial charge in [-0.25, -0.2) is 9.97 Å². The van der Waals surface area contributed by atoms with Crippen LogP contribution in [0.4, 0.5) is 5.82 Å². The van der Waals surface area contributed by atoms with Crippen LogP contribution in [0, 0.1) is 20.8 Å². The summed E-state index contributed by atoms with van der Waals surface area (Å²) < 4.78 is 5.18. The number of anilines is 1. The van der Waals surface area contributed by atoms with E-state index in [0.717, 1.165) is 47.2 Å². The van der Waals surface area contributed by atoms with Gasteiger partial charge in [-0.1, -0.05) is 11.2 Å². The standard InChI is InChI=1S/C17H19N5O/c1-11-14(12(2)23-22-11)7-9-19-17-10-16(20-13(3)21-17)15-6-4-5-8-18-15/h4-6,8,10H,7,9H2,1-3H3,(H,19,20,21). The Morgan fingerprint density at radius 1 is 1.09 bits per heavy atom. The Morgan fingerprint density at radius 2 is 1.96 bits per heavy atom. The summed E-state index contributed by atoms with van der Waals surface area (Å²) in [5.74, 6) is 2.38. The highest BCUT2D eigenvalue weighted by molar-refractivity contribution is 5.58. The van der Waals surface area contributed by atoms with Gasteiger partial charge in [-0.3, -0.25) is 4.98 Å². The van der Waals surface area contributed by atoms with Gasteiger partial charge in [0.25, 0.3) is 0 Å². The van der Waals surface area contributed by atoms with E-state index < -0.39 is 0 Å². The van der Waals surface area contributed by atoms with Crippen LogP contribution in [-0.2, 0) is 6.42 Å². The van der Waals surface area contributed by atoms with E-state index in [1.165, 1.54) is 0 Å². The van der Waals surface area contributed by atoms with Gasteiger partial charge in [-0.2, -0.15) is 0 Å². The number of pyridine rings is 1. The van der Waals surface area contributed by atoms with Crippen LogP contribution >= 0.6 is 0 Å². The van der Waals surface area contributed by atoms with Crippen LogP contribution in [0.5, 0.6) is 0 Å². The Hall–Kier alpha value is -2.76.